The van der Waals surface area contributed by atoms with Crippen molar-refractivity contribution in [3.63, 3.8) is 0 Å². The third-order valence-corrected chi connectivity index (χ3v) is 4.26. The predicted octanol–water partition coefficient (Wildman–Crippen LogP) is 2.50. The highest BCUT2D eigenvalue weighted by Gasteiger charge is 2.34. The smallest absolute Gasteiger partial charge is 0.150 e. The van der Waals surface area contributed by atoms with Crippen LogP contribution in [0.15, 0.2) is 0 Å². The van der Waals surface area contributed by atoms with E-state index in [9.17, 15) is 0 Å². The molecule has 1 heterocycles. The minimum Gasteiger partial charge on any atom is -0.321 e. The lowest BCUT2D eigenvalue weighted by Gasteiger charge is -2.26. The first kappa shape index (κ1) is 11.2. The molecule has 0 amide bonds. The highest BCUT2D eigenvalue weighted by atomic mass is 15.3. The fourth-order valence-corrected chi connectivity index (χ4v) is 3.07. The van der Waals surface area contributed by atoms with Gasteiger partial charge in [0.15, 0.2) is 5.82 Å². The van der Waals surface area contributed by atoms with Crippen LogP contribution in [0.3, 0.4) is 0 Å². The zero-order valence-electron chi connectivity index (χ0n) is 10.6. The van der Waals surface area contributed by atoms with Gasteiger partial charge in [-0.25, -0.2) is 0 Å². The van der Waals surface area contributed by atoms with Crippen LogP contribution in [0.4, 0.5) is 0 Å². The number of hydrogen-bond acceptors (Lipinski definition) is 3. The molecule has 1 atom stereocenters. The summed E-state index contributed by atoms with van der Waals surface area (Å²) < 4.78 is 2.34. The fraction of sp³-hybridized carbons (Fsp3) is 0.846. The van der Waals surface area contributed by atoms with Crippen molar-refractivity contribution >= 4 is 0 Å². The molecule has 2 aliphatic carbocycles. The van der Waals surface area contributed by atoms with Gasteiger partial charge in [0.25, 0.3) is 0 Å². The zero-order valence-corrected chi connectivity index (χ0v) is 10.6. The topological polar surface area (TPSA) is 56.7 Å². The second kappa shape index (κ2) is 4.41. The lowest BCUT2D eigenvalue weighted by Crippen LogP contribution is -2.23. The van der Waals surface area contributed by atoms with Crippen LogP contribution < -0.4 is 5.73 Å². The van der Waals surface area contributed by atoms with Crippen molar-refractivity contribution in [3.8, 4) is 0 Å². The molecule has 0 aliphatic heterocycles. The number of hydrogen-bond donors (Lipinski definition) is 1. The number of rotatable bonds is 3. The van der Waals surface area contributed by atoms with Gasteiger partial charge in [-0.1, -0.05) is 19.3 Å². The lowest BCUT2D eigenvalue weighted by atomic mass is 9.95. The van der Waals surface area contributed by atoms with E-state index >= 15 is 0 Å². The quantitative estimate of drug-likeness (QED) is 0.874. The van der Waals surface area contributed by atoms with Crippen molar-refractivity contribution in [2.45, 2.75) is 64.0 Å². The summed E-state index contributed by atoms with van der Waals surface area (Å²) in [6, 6.07) is 0.705. The maximum absolute atomic E-state index is 6.30. The molecule has 0 radical (unpaired) electrons. The van der Waals surface area contributed by atoms with Crippen molar-refractivity contribution in [1.29, 1.82) is 0 Å². The van der Waals surface area contributed by atoms with Gasteiger partial charge in [0.1, 0.15) is 5.82 Å². The van der Waals surface area contributed by atoms with E-state index in [1.807, 2.05) is 0 Å². The van der Waals surface area contributed by atoms with E-state index in [0.717, 1.165) is 11.6 Å². The highest BCUT2D eigenvalue weighted by molar-refractivity contribution is 5.06. The third kappa shape index (κ3) is 2.10. The Kier molecular flexibility index (Phi) is 2.90. The molecule has 1 aromatic heterocycles. The Labute approximate surface area is 103 Å². The van der Waals surface area contributed by atoms with E-state index in [2.05, 4.69) is 21.7 Å². The van der Waals surface area contributed by atoms with E-state index in [1.165, 1.54) is 44.9 Å². The van der Waals surface area contributed by atoms with Crippen molar-refractivity contribution < 1.29 is 0 Å². The Bertz CT molecular complexity index is 388. The molecule has 4 nitrogen and oxygen atoms in total. The van der Waals surface area contributed by atoms with Crippen molar-refractivity contribution in [3.05, 3.63) is 11.6 Å². The Morgan fingerprint density at radius 3 is 2.47 bits per heavy atom. The van der Waals surface area contributed by atoms with Gasteiger partial charge in [-0.3, -0.25) is 0 Å². The summed E-state index contributed by atoms with van der Waals surface area (Å²) >= 11 is 0. The van der Waals surface area contributed by atoms with E-state index in [0.29, 0.717) is 12.0 Å². The maximum atomic E-state index is 6.30. The Morgan fingerprint density at radius 2 is 1.82 bits per heavy atom. The van der Waals surface area contributed by atoms with Crippen LogP contribution in [0.25, 0.3) is 0 Å². The normalized spacial score (nSPS) is 23.9. The second-order valence-electron chi connectivity index (χ2n) is 5.63. The molecular formula is C13H22N4. The zero-order chi connectivity index (χ0) is 11.8. The van der Waals surface area contributed by atoms with Gasteiger partial charge in [-0.05, 0) is 38.5 Å². The van der Waals surface area contributed by atoms with Crippen LogP contribution in [-0.4, -0.2) is 14.8 Å². The minimum atomic E-state index is 0.109. The Hall–Kier alpha value is -0.900. The van der Waals surface area contributed by atoms with Crippen LogP contribution in [0, 0.1) is 12.8 Å². The first-order valence-corrected chi connectivity index (χ1v) is 6.94. The minimum absolute atomic E-state index is 0.109. The predicted molar refractivity (Wildman–Crippen MR) is 66.5 cm³/mol. The van der Waals surface area contributed by atoms with E-state index in [1.54, 1.807) is 0 Å². The van der Waals surface area contributed by atoms with Gasteiger partial charge in [0, 0.05) is 6.04 Å². The van der Waals surface area contributed by atoms with E-state index in [4.69, 9.17) is 5.73 Å². The van der Waals surface area contributed by atoms with Crippen LogP contribution in [0.2, 0.25) is 0 Å². The molecule has 0 spiro atoms. The van der Waals surface area contributed by atoms with Gasteiger partial charge < -0.3 is 10.3 Å². The molecular weight excluding hydrogens is 212 g/mol. The first-order valence-electron chi connectivity index (χ1n) is 6.94. The third-order valence-electron chi connectivity index (χ3n) is 4.26. The number of nitrogens with two attached hydrogens (primary N) is 1. The standard InChI is InChI=1S/C13H22N4/c1-9-15-16-13(12(14)10-7-8-10)17(9)11-5-3-2-4-6-11/h10-12H,2-8,14H2,1H3. The molecule has 2 N–H and O–H groups in total. The SMILES string of the molecule is Cc1nnc(C(N)C2CC2)n1C1CCCCC1. The Morgan fingerprint density at radius 1 is 1.12 bits per heavy atom. The molecule has 0 saturated heterocycles. The summed E-state index contributed by atoms with van der Waals surface area (Å²) in [5.74, 6) is 2.74. The summed E-state index contributed by atoms with van der Waals surface area (Å²) in [5.41, 5.74) is 6.30. The summed E-state index contributed by atoms with van der Waals surface area (Å²) in [6.45, 7) is 2.06. The summed E-state index contributed by atoms with van der Waals surface area (Å²) in [7, 11) is 0. The van der Waals surface area contributed by atoms with Crippen LogP contribution >= 0.6 is 0 Å². The summed E-state index contributed by atoms with van der Waals surface area (Å²) in [4.78, 5) is 0. The number of aryl methyl sites for hydroxylation is 1. The molecule has 3 rings (SSSR count). The maximum Gasteiger partial charge on any atom is 0.150 e. The van der Waals surface area contributed by atoms with Crippen molar-refractivity contribution in [2.75, 3.05) is 0 Å². The molecule has 94 valence electrons. The average Bonchev–Trinajstić information content (AvgIpc) is 3.13. The number of nitrogens with zero attached hydrogens (tertiary/aromatic N) is 3. The highest BCUT2D eigenvalue weighted by Crippen LogP contribution is 2.40. The summed E-state index contributed by atoms with van der Waals surface area (Å²) in [5, 5.41) is 8.60. The molecule has 4 heteroatoms. The Balaban J connectivity index is 1.87. The van der Waals surface area contributed by atoms with E-state index in [-0.39, 0.29) is 6.04 Å². The van der Waals surface area contributed by atoms with Crippen molar-refractivity contribution in [2.24, 2.45) is 11.7 Å². The van der Waals surface area contributed by atoms with Gasteiger partial charge in [0.2, 0.25) is 0 Å². The van der Waals surface area contributed by atoms with Gasteiger partial charge in [0.05, 0.1) is 6.04 Å². The van der Waals surface area contributed by atoms with Crippen molar-refractivity contribution in [1.82, 2.24) is 14.8 Å². The van der Waals surface area contributed by atoms with Crippen LogP contribution in [-0.2, 0) is 0 Å². The molecule has 0 aromatic carbocycles. The molecule has 2 aliphatic rings. The van der Waals surface area contributed by atoms with Crippen LogP contribution in [0.1, 0.15) is 68.7 Å². The second-order valence-corrected chi connectivity index (χ2v) is 5.63. The first-order chi connectivity index (χ1) is 8.27. The summed E-state index contributed by atoms with van der Waals surface area (Å²) in [6.07, 6.45) is 9.10. The van der Waals surface area contributed by atoms with Gasteiger partial charge in [-0.15, -0.1) is 10.2 Å². The largest absolute Gasteiger partial charge is 0.321 e. The van der Waals surface area contributed by atoms with Gasteiger partial charge in [-0.2, -0.15) is 0 Å². The van der Waals surface area contributed by atoms with Gasteiger partial charge >= 0.3 is 0 Å². The molecule has 17 heavy (non-hydrogen) atoms. The number of aromatic nitrogens is 3. The monoisotopic (exact) mass is 234 g/mol. The van der Waals surface area contributed by atoms with Crippen LogP contribution in [0.5, 0.6) is 0 Å². The molecule has 0 bridgehead atoms. The molecule has 2 saturated carbocycles. The average molecular weight is 234 g/mol. The van der Waals surface area contributed by atoms with E-state index < -0.39 is 0 Å². The molecule has 2 fully saturated rings. The fourth-order valence-electron chi connectivity index (χ4n) is 3.07. The molecule has 1 unspecified atom stereocenters. The molecule has 1 aromatic rings. The lowest BCUT2D eigenvalue weighted by molar-refractivity contribution is 0.333.